The number of rotatable bonds is 7. The van der Waals surface area contributed by atoms with Gasteiger partial charge >= 0.3 is 0 Å². The van der Waals surface area contributed by atoms with Crippen LogP contribution in [0.3, 0.4) is 0 Å². The summed E-state index contributed by atoms with van der Waals surface area (Å²) >= 11 is 4.95. The summed E-state index contributed by atoms with van der Waals surface area (Å²) in [6.45, 7) is 1.69. The summed E-state index contributed by atoms with van der Waals surface area (Å²) in [5.41, 5.74) is 4.69. The van der Waals surface area contributed by atoms with Crippen LogP contribution in [-0.2, 0) is 10.5 Å². The van der Waals surface area contributed by atoms with Crippen LogP contribution in [0.5, 0.6) is 0 Å². The zero-order valence-corrected chi connectivity index (χ0v) is 15.8. The monoisotopic (exact) mass is 421 g/mol. The minimum absolute atomic E-state index is 0.0117. The van der Waals surface area contributed by atoms with E-state index in [0.29, 0.717) is 17.0 Å². The van der Waals surface area contributed by atoms with Gasteiger partial charge in [-0.2, -0.15) is 5.10 Å². The van der Waals surface area contributed by atoms with Gasteiger partial charge in [0, 0.05) is 27.9 Å². The largest absolute Gasteiger partial charge is 0.272 e. The number of nitro benzene ring substituents is 1. The molecule has 2 aromatic rings. The highest BCUT2D eigenvalue weighted by molar-refractivity contribution is 9.10. The Balaban J connectivity index is 1.86. The second kappa shape index (κ2) is 9.33. The van der Waals surface area contributed by atoms with Gasteiger partial charge in [0.25, 0.3) is 5.69 Å². The fourth-order valence-electron chi connectivity index (χ4n) is 1.96. The molecule has 0 aliphatic heterocycles. The molecule has 8 heteroatoms. The van der Waals surface area contributed by atoms with Gasteiger partial charge < -0.3 is 0 Å². The highest BCUT2D eigenvalue weighted by Crippen LogP contribution is 2.21. The highest BCUT2D eigenvalue weighted by Gasteiger charge is 2.08. The van der Waals surface area contributed by atoms with Crippen molar-refractivity contribution in [3.63, 3.8) is 0 Å². The van der Waals surface area contributed by atoms with Gasteiger partial charge in [-0.05, 0) is 18.6 Å². The van der Waals surface area contributed by atoms with Crippen molar-refractivity contribution < 1.29 is 9.72 Å². The fraction of sp³-hybridized carbons (Fsp3) is 0.176. The molecule has 0 aliphatic rings. The minimum Gasteiger partial charge on any atom is -0.272 e. The molecule has 2 rings (SSSR count). The lowest BCUT2D eigenvalue weighted by molar-refractivity contribution is -0.384. The molecule has 1 N–H and O–H groups in total. The summed E-state index contributed by atoms with van der Waals surface area (Å²) in [5.74, 6) is 0.761. The van der Waals surface area contributed by atoms with Crippen molar-refractivity contribution in [2.45, 2.75) is 12.7 Å². The van der Waals surface area contributed by atoms with Crippen LogP contribution < -0.4 is 5.43 Å². The lowest BCUT2D eigenvalue weighted by atomic mass is 10.1. The predicted octanol–water partition coefficient (Wildman–Crippen LogP) is 4.13. The topological polar surface area (TPSA) is 84.6 Å². The maximum absolute atomic E-state index is 11.9. The number of carbonyl (C=O) groups is 1. The number of non-ortho nitro benzene ring substituents is 1. The number of thioether (sulfide) groups is 1. The van der Waals surface area contributed by atoms with Crippen LogP contribution in [0.25, 0.3) is 0 Å². The highest BCUT2D eigenvalue weighted by atomic mass is 79.9. The molecule has 6 nitrogen and oxygen atoms in total. The third-order valence-electron chi connectivity index (χ3n) is 3.27. The first-order valence-corrected chi connectivity index (χ1v) is 9.31. The van der Waals surface area contributed by atoms with Gasteiger partial charge in [-0.3, -0.25) is 14.9 Å². The summed E-state index contributed by atoms with van der Waals surface area (Å²) in [6.07, 6.45) is 0. The molecule has 0 atom stereocenters. The zero-order chi connectivity index (χ0) is 18.2. The van der Waals surface area contributed by atoms with Gasteiger partial charge in [0.1, 0.15) is 0 Å². The number of amides is 1. The Labute approximate surface area is 158 Å². The Kier molecular flexibility index (Phi) is 7.15. The average molecular weight is 422 g/mol. The standard InChI is InChI=1S/C17H16BrN3O3S/c1-12(13-6-4-7-15(9-13)21(23)24)19-20-17(22)11-25-10-14-5-2-3-8-16(14)18/h2-9H,10-11H2,1H3,(H,20,22)/b19-12-. The number of nitro groups is 1. The van der Waals surface area contributed by atoms with Crippen LogP contribution in [-0.4, -0.2) is 22.3 Å². The first-order valence-electron chi connectivity index (χ1n) is 7.36. The number of hydrazone groups is 1. The Morgan fingerprint density at radius 2 is 2.04 bits per heavy atom. The molecule has 0 fully saturated rings. The molecule has 0 aromatic heterocycles. The van der Waals surface area contributed by atoms with Crippen LogP contribution in [0.15, 0.2) is 58.1 Å². The SMILES string of the molecule is C/C(=N/NC(=O)CSCc1ccccc1Br)c1cccc([N+](=O)[O-])c1. The van der Waals surface area contributed by atoms with E-state index in [2.05, 4.69) is 26.5 Å². The first kappa shape index (κ1) is 19.1. The molecule has 0 saturated carbocycles. The van der Waals surface area contributed by atoms with E-state index in [1.165, 1.54) is 23.9 Å². The van der Waals surface area contributed by atoms with Crippen molar-refractivity contribution in [2.24, 2.45) is 5.10 Å². The average Bonchev–Trinajstić information content (AvgIpc) is 2.61. The molecule has 0 aliphatic carbocycles. The molecular formula is C17H16BrN3O3S. The van der Waals surface area contributed by atoms with E-state index in [0.717, 1.165) is 10.0 Å². The molecule has 0 saturated heterocycles. The minimum atomic E-state index is -0.465. The van der Waals surface area contributed by atoms with Gasteiger partial charge in [0.15, 0.2) is 0 Å². The van der Waals surface area contributed by atoms with Gasteiger partial charge in [0.05, 0.1) is 16.4 Å². The number of nitrogens with one attached hydrogen (secondary N) is 1. The van der Waals surface area contributed by atoms with Gasteiger partial charge in [-0.1, -0.05) is 46.3 Å². The van der Waals surface area contributed by atoms with Gasteiger partial charge in [-0.25, -0.2) is 5.43 Å². The van der Waals surface area contributed by atoms with E-state index in [-0.39, 0.29) is 17.3 Å². The Hall–Kier alpha value is -2.19. The molecule has 25 heavy (non-hydrogen) atoms. The number of benzene rings is 2. The molecule has 1 amide bonds. The number of hydrogen-bond donors (Lipinski definition) is 1. The molecule has 130 valence electrons. The zero-order valence-electron chi connectivity index (χ0n) is 13.4. The van der Waals surface area contributed by atoms with E-state index in [4.69, 9.17) is 0 Å². The number of nitrogens with zero attached hydrogens (tertiary/aromatic N) is 2. The van der Waals surface area contributed by atoms with E-state index in [1.807, 2.05) is 24.3 Å². The lowest BCUT2D eigenvalue weighted by Crippen LogP contribution is -2.21. The van der Waals surface area contributed by atoms with E-state index >= 15 is 0 Å². The number of halogens is 1. The van der Waals surface area contributed by atoms with Crippen LogP contribution in [0.1, 0.15) is 18.1 Å². The van der Waals surface area contributed by atoms with E-state index < -0.39 is 4.92 Å². The molecule has 0 unspecified atom stereocenters. The Bertz CT molecular complexity index is 811. The summed E-state index contributed by atoms with van der Waals surface area (Å²) in [6, 6.07) is 14.0. The molecule has 2 aromatic carbocycles. The molecular weight excluding hydrogens is 406 g/mol. The second-order valence-electron chi connectivity index (χ2n) is 5.12. The van der Waals surface area contributed by atoms with Crippen molar-refractivity contribution in [3.05, 3.63) is 74.2 Å². The summed E-state index contributed by atoms with van der Waals surface area (Å²) < 4.78 is 1.02. The van der Waals surface area contributed by atoms with Crippen molar-refractivity contribution in [2.75, 3.05) is 5.75 Å². The lowest BCUT2D eigenvalue weighted by Gasteiger charge is -2.05. The Morgan fingerprint density at radius 3 is 2.76 bits per heavy atom. The van der Waals surface area contributed by atoms with E-state index in [9.17, 15) is 14.9 Å². The Morgan fingerprint density at radius 1 is 1.28 bits per heavy atom. The first-order chi connectivity index (χ1) is 12.0. The quantitative estimate of drug-likeness (QED) is 0.413. The molecule has 0 bridgehead atoms. The summed E-state index contributed by atoms with van der Waals surface area (Å²) in [7, 11) is 0. The summed E-state index contributed by atoms with van der Waals surface area (Å²) in [5, 5.41) is 14.8. The predicted molar refractivity (Wildman–Crippen MR) is 104 cm³/mol. The maximum atomic E-state index is 11.9. The van der Waals surface area contributed by atoms with Crippen LogP contribution in [0.2, 0.25) is 0 Å². The molecule has 0 spiro atoms. The molecule has 0 radical (unpaired) electrons. The van der Waals surface area contributed by atoms with Crippen molar-refractivity contribution in [3.8, 4) is 0 Å². The second-order valence-corrected chi connectivity index (χ2v) is 6.96. The van der Waals surface area contributed by atoms with Crippen molar-refractivity contribution >= 4 is 45.0 Å². The smallest absolute Gasteiger partial charge is 0.270 e. The normalized spacial score (nSPS) is 11.2. The summed E-state index contributed by atoms with van der Waals surface area (Å²) in [4.78, 5) is 22.2. The van der Waals surface area contributed by atoms with Crippen LogP contribution in [0, 0.1) is 10.1 Å². The molecule has 0 heterocycles. The van der Waals surface area contributed by atoms with Crippen molar-refractivity contribution in [1.29, 1.82) is 0 Å². The number of hydrogen-bond acceptors (Lipinski definition) is 5. The number of carbonyl (C=O) groups excluding carboxylic acids is 1. The van der Waals surface area contributed by atoms with E-state index in [1.54, 1.807) is 19.1 Å². The van der Waals surface area contributed by atoms with Gasteiger partial charge in [0.2, 0.25) is 5.91 Å². The maximum Gasteiger partial charge on any atom is 0.270 e. The van der Waals surface area contributed by atoms with Crippen LogP contribution in [0.4, 0.5) is 5.69 Å². The third kappa shape index (κ3) is 5.99. The third-order valence-corrected chi connectivity index (χ3v) is 5.03. The fourth-order valence-corrected chi connectivity index (χ4v) is 3.39. The van der Waals surface area contributed by atoms with Gasteiger partial charge in [-0.15, -0.1) is 11.8 Å². The van der Waals surface area contributed by atoms with Crippen LogP contribution >= 0.6 is 27.7 Å². The van der Waals surface area contributed by atoms with Crippen molar-refractivity contribution in [1.82, 2.24) is 5.43 Å².